The fraction of sp³-hybridized carbons (Fsp3) is 0.386. The van der Waals surface area contributed by atoms with Gasteiger partial charge in [0.1, 0.15) is 17.5 Å². The Labute approximate surface area is 547 Å². The van der Waals surface area contributed by atoms with Gasteiger partial charge in [-0.3, -0.25) is 0 Å². The van der Waals surface area contributed by atoms with Crippen LogP contribution in [0.5, 0.6) is 0 Å². The van der Waals surface area contributed by atoms with Crippen molar-refractivity contribution in [2.24, 2.45) is 0 Å². The number of hydrogen-bond donors (Lipinski definition) is 0. The van der Waals surface area contributed by atoms with Gasteiger partial charge in [-0.25, -0.2) is 13.2 Å². The lowest BCUT2D eigenvalue weighted by molar-refractivity contribution is 0.361. The smallest absolute Gasteiger partial charge is 0.131 e. The Morgan fingerprint density at radius 2 is 0.560 bits per heavy atom. The van der Waals surface area contributed by atoms with Gasteiger partial charge in [0.25, 0.3) is 0 Å². The first-order valence-electron chi connectivity index (χ1n) is 35.5. The van der Waals surface area contributed by atoms with E-state index in [0.29, 0.717) is 23.1 Å². The molecule has 0 radical (unpaired) electrons. The van der Waals surface area contributed by atoms with Crippen molar-refractivity contribution in [3.05, 3.63) is 284 Å². The van der Waals surface area contributed by atoms with Gasteiger partial charge < -0.3 is 0 Å². The van der Waals surface area contributed by atoms with E-state index in [2.05, 4.69) is 205 Å². The van der Waals surface area contributed by atoms with Gasteiger partial charge in [-0.15, -0.1) is 0 Å². The molecule has 9 rings (SSSR count). The maximum Gasteiger partial charge on any atom is 0.131 e. The molecule has 9 aromatic rings. The van der Waals surface area contributed by atoms with Crippen LogP contribution in [0.3, 0.4) is 0 Å². The SMILES string of the molecule is CCCCCCCc1ccc(-c2ccc(C(c3ccc(-c4ccc(CCCCCCC)cc4F)cc3)(C(Cc3ccc(-c4ccc(CCCCC)cc4F)cc3)c3ccc(CCCC)cc3)C(c3ccc(CCC)cc3)c3ccc(CCCC)cc3)cc2)c(F)c1. The summed E-state index contributed by atoms with van der Waals surface area (Å²) in [6.07, 6.45) is 26.7. The first kappa shape index (κ1) is 68.1. The lowest BCUT2D eigenvalue weighted by Crippen LogP contribution is -2.43. The minimum atomic E-state index is -0.891. The Morgan fingerprint density at radius 1 is 0.264 bits per heavy atom. The summed E-state index contributed by atoms with van der Waals surface area (Å²) in [5.41, 5.74) is 17.3. The maximum atomic E-state index is 16.7. The molecule has 0 N–H and O–H groups in total. The molecule has 0 amide bonds. The van der Waals surface area contributed by atoms with E-state index < -0.39 is 5.41 Å². The second kappa shape index (κ2) is 35.0. The first-order chi connectivity index (χ1) is 44.6. The van der Waals surface area contributed by atoms with E-state index in [0.717, 1.165) is 166 Å². The zero-order valence-corrected chi connectivity index (χ0v) is 56.0. The van der Waals surface area contributed by atoms with Crippen LogP contribution in [0.2, 0.25) is 0 Å². The quantitative estimate of drug-likeness (QED) is 0.0343. The summed E-state index contributed by atoms with van der Waals surface area (Å²) < 4.78 is 49.7. The topological polar surface area (TPSA) is 0 Å². The van der Waals surface area contributed by atoms with Crippen LogP contribution >= 0.6 is 0 Å². The van der Waals surface area contributed by atoms with Gasteiger partial charge in [0.2, 0.25) is 0 Å². The monoisotopic (exact) mass is 1220 g/mol. The van der Waals surface area contributed by atoms with Gasteiger partial charge >= 0.3 is 0 Å². The van der Waals surface area contributed by atoms with Crippen molar-refractivity contribution in [1.29, 1.82) is 0 Å². The molecule has 0 bridgehead atoms. The summed E-state index contributed by atoms with van der Waals surface area (Å²) in [7, 11) is 0. The minimum absolute atomic E-state index is 0.190. The molecule has 91 heavy (non-hydrogen) atoms. The second-order valence-electron chi connectivity index (χ2n) is 26.3. The summed E-state index contributed by atoms with van der Waals surface area (Å²) in [6.45, 7) is 13.4. The van der Waals surface area contributed by atoms with Crippen LogP contribution in [0.25, 0.3) is 33.4 Å². The van der Waals surface area contributed by atoms with Gasteiger partial charge in [-0.2, -0.15) is 0 Å². The normalized spacial score (nSPS) is 12.4. The zero-order valence-electron chi connectivity index (χ0n) is 56.0. The van der Waals surface area contributed by atoms with Crippen molar-refractivity contribution in [2.75, 3.05) is 0 Å². The maximum absolute atomic E-state index is 16.7. The van der Waals surface area contributed by atoms with Crippen LogP contribution in [0.4, 0.5) is 13.2 Å². The molecule has 0 aliphatic carbocycles. The third kappa shape index (κ3) is 17.9. The fourth-order valence-corrected chi connectivity index (χ4v) is 14.3. The van der Waals surface area contributed by atoms with Crippen LogP contribution in [0.1, 0.15) is 236 Å². The van der Waals surface area contributed by atoms with Gasteiger partial charge in [-0.05, 0) is 179 Å². The molecule has 476 valence electrons. The van der Waals surface area contributed by atoms with E-state index in [9.17, 15) is 0 Å². The van der Waals surface area contributed by atoms with Crippen molar-refractivity contribution in [1.82, 2.24) is 0 Å². The molecule has 0 spiro atoms. The van der Waals surface area contributed by atoms with Crippen molar-refractivity contribution < 1.29 is 13.2 Å². The molecule has 0 fully saturated rings. The first-order valence-corrected chi connectivity index (χ1v) is 35.5. The van der Waals surface area contributed by atoms with E-state index in [-0.39, 0.29) is 29.3 Å². The van der Waals surface area contributed by atoms with Gasteiger partial charge in [-0.1, -0.05) is 307 Å². The average Bonchev–Trinajstić information content (AvgIpc) is 0.805. The second-order valence-corrected chi connectivity index (χ2v) is 26.3. The summed E-state index contributed by atoms with van der Waals surface area (Å²) in [5.74, 6) is -1.11. The molecule has 0 saturated carbocycles. The molecule has 2 atom stereocenters. The van der Waals surface area contributed by atoms with E-state index in [1.54, 1.807) is 18.2 Å². The molecule has 0 aromatic heterocycles. The summed E-state index contributed by atoms with van der Waals surface area (Å²) >= 11 is 0. The number of rotatable bonds is 36. The Hall–Kier alpha value is -7.23. The highest BCUT2D eigenvalue weighted by atomic mass is 19.1. The van der Waals surface area contributed by atoms with Crippen LogP contribution in [0, 0.1) is 17.5 Å². The molecular weight excluding hydrogens is 1110 g/mol. The standard InChI is InChI=1S/C88H103F3/c1-7-13-18-20-23-29-69-40-59-81(85(90)63-69)73-50-54-78(55-51-73)88(79-56-52-74(53-57-79)82-60-41-70(64-86(82)91)30-24-21-19-14-8-2,87(76-46-33-65(25-12-6)34-47-76)77-48-35-67(36-49-77)27-17-11-5)83(75-44-31-66(32-45-75)26-16-10-4)61-71-37-42-72(43-38-71)80-58-39-68(62-84(80)89)28-22-15-9-3/h31-60,62-64,83,87H,7-30,61H2,1-6H3. The molecular formula is C88H103F3. The largest absolute Gasteiger partial charge is 0.206 e. The predicted octanol–water partition coefficient (Wildman–Crippen LogP) is 25.6. The minimum Gasteiger partial charge on any atom is -0.206 e. The highest BCUT2D eigenvalue weighted by Gasteiger charge is 2.50. The highest BCUT2D eigenvalue weighted by molar-refractivity contribution is 5.69. The van der Waals surface area contributed by atoms with Crippen LogP contribution < -0.4 is 0 Å². The third-order valence-electron chi connectivity index (χ3n) is 19.5. The number of aryl methyl sites for hydroxylation is 6. The number of hydrogen-bond acceptors (Lipinski definition) is 0. The molecule has 0 heterocycles. The van der Waals surface area contributed by atoms with Crippen LogP contribution in [-0.4, -0.2) is 0 Å². The Bertz CT molecular complexity index is 3480. The Balaban J connectivity index is 1.29. The van der Waals surface area contributed by atoms with E-state index in [4.69, 9.17) is 0 Å². The van der Waals surface area contributed by atoms with Crippen molar-refractivity contribution in [3.8, 4) is 33.4 Å². The number of benzene rings is 9. The third-order valence-corrected chi connectivity index (χ3v) is 19.5. The van der Waals surface area contributed by atoms with Gasteiger partial charge in [0, 0.05) is 33.9 Å². The summed E-state index contributed by atoms with van der Waals surface area (Å²) in [4.78, 5) is 0. The average molecular weight is 1220 g/mol. The predicted molar refractivity (Wildman–Crippen MR) is 383 cm³/mol. The number of halogens is 3. The summed E-state index contributed by atoms with van der Waals surface area (Å²) in [6, 6.07) is 72.3. The summed E-state index contributed by atoms with van der Waals surface area (Å²) in [5, 5.41) is 0. The zero-order chi connectivity index (χ0) is 63.8. The molecule has 0 saturated heterocycles. The molecule has 3 heteroatoms. The van der Waals surface area contributed by atoms with E-state index in [1.807, 2.05) is 18.2 Å². The van der Waals surface area contributed by atoms with Gasteiger partial charge in [0.15, 0.2) is 0 Å². The fourth-order valence-electron chi connectivity index (χ4n) is 14.3. The highest BCUT2D eigenvalue weighted by Crippen LogP contribution is 2.58. The number of unbranched alkanes of at least 4 members (excludes halogenated alkanes) is 12. The van der Waals surface area contributed by atoms with Crippen LogP contribution in [-0.2, 0) is 50.4 Å². The van der Waals surface area contributed by atoms with Crippen molar-refractivity contribution >= 4 is 0 Å². The molecule has 2 unspecified atom stereocenters. The van der Waals surface area contributed by atoms with Crippen molar-refractivity contribution in [3.63, 3.8) is 0 Å². The van der Waals surface area contributed by atoms with E-state index in [1.165, 1.54) is 71.9 Å². The molecule has 9 aromatic carbocycles. The molecule has 0 aliphatic rings. The Morgan fingerprint density at radius 3 is 0.923 bits per heavy atom. The Kier molecular flexibility index (Phi) is 26.2. The van der Waals surface area contributed by atoms with Crippen LogP contribution in [0.15, 0.2) is 200 Å². The molecule has 0 aliphatic heterocycles. The van der Waals surface area contributed by atoms with E-state index >= 15 is 13.2 Å². The lowest BCUT2D eigenvalue weighted by Gasteiger charge is -2.49. The van der Waals surface area contributed by atoms with Crippen molar-refractivity contribution in [2.45, 2.75) is 219 Å². The van der Waals surface area contributed by atoms with Gasteiger partial charge in [0.05, 0.1) is 0 Å². The molecule has 0 nitrogen and oxygen atoms in total. The lowest BCUT2D eigenvalue weighted by atomic mass is 9.53.